The Bertz CT molecular complexity index is 752. The molecule has 0 radical (unpaired) electrons. The van der Waals surface area contributed by atoms with Crippen LogP contribution in [-0.2, 0) is 6.42 Å². The molecular formula is C15H8FI3O3. The van der Waals surface area contributed by atoms with Crippen LogP contribution in [0.15, 0.2) is 30.3 Å². The summed E-state index contributed by atoms with van der Waals surface area (Å²) in [5.41, 5.74) is 0.117. The van der Waals surface area contributed by atoms with Gasteiger partial charge in [-0.25, -0.2) is 9.18 Å². The van der Waals surface area contributed by atoms with Gasteiger partial charge in [-0.05, 0) is 97.6 Å². The minimum Gasteiger partial charge on any atom is -0.478 e. The molecule has 114 valence electrons. The van der Waals surface area contributed by atoms with Gasteiger partial charge in [-0.1, -0.05) is 6.07 Å². The molecule has 0 atom stereocenters. The van der Waals surface area contributed by atoms with Crippen molar-refractivity contribution >= 4 is 79.5 Å². The molecule has 2 aromatic carbocycles. The van der Waals surface area contributed by atoms with Gasteiger partial charge in [0.1, 0.15) is 5.82 Å². The largest absolute Gasteiger partial charge is 0.478 e. The van der Waals surface area contributed by atoms with Crippen molar-refractivity contribution in [3.05, 3.63) is 63.5 Å². The Balaban J connectivity index is 2.45. The average molecular weight is 636 g/mol. The summed E-state index contributed by atoms with van der Waals surface area (Å²) in [6, 6.07) is 7.47. The first-order valence-corrected chi connectivity index (χ1v) is 9.23. The second kappa shape index (κ2) is 7.51. The highest BCUT2D eigenvalue weighted by atomic mass is 127. The third-order valence-corrected chi connectivity index (χ3v) is 5.51. The lowest BCUT2D eigenvalue weighted by Gasteiger charge is -2.10. The summed E-state index contributed by atoms with van der Waals surface area (Å²) in [5, 5.41) is 9.13. The van der Waals surface area contributed by atoms with E-state index in [0.717, 1.165) is 22.3 Å². The zero-order valence-corrected chi connectivity index (χ0v) is 17.3. The summed E-state index contributed by atoms with van der Waals surface area (Å²) >= 11 is 6.43. The number of benzene rings is 2. The predicted octanol–water partition coefficient (Wildman–Crippen LogP) is 4.76. The maximum Gasteiger partial charge on any atom is 0.336 e. The Kier molecular flexibility index (Phi) is 6.16. The number of carbonyl (C=O) groups excluding carboxylic acids is 1. The highest BCUT2D eigenvalue weighted by molar-refractivity contribution is 14.1. The van der Waals surface area contributed by atoms with Gasteiger partial charge < -0.3 is 5.11 Å². The number of carboxylic acids is 1. The molecule has 2 rings (SSSR count). The molecule has 0 fully saturated rings. The van der Waals surface area contributed by atoms with Crippen molar-refractivity contribution in [2.45, 2.75) is 6.42 Å². The fraction of sp³-hybridized carbons (Fsp3) is 0.0667. The lowest BCUT2D eigenvalue weighted by Crippen LogP contribution is -2.14. The van der Waals surface area contributed by atoms with Crippen LogP contribution in [0.25, 0.3) is 0 Å². The molecule has 3 nitrogen and oxygen atoms in total. The fourth-order valence-corrected chi connectivity index (χ4v) is 5.94. The molecule has 1 N–H and O–H groups in total. The Labute approximate surface area is 167 Å². The molecule has 0 aromatic heterocycles. The van der Waals surface area contributed by atoms with Crippen LogP contribution in [0.5, 0.6) is 0 Å². The first-order valence-electron chi connectivity index (χ1n) is 5.99. The standard InChI is InChI=1S/C15H8FI3O3/c16-10-3-1-2-8(15(21)22)14(10)13(20)6-9-11(18)4-7(17)5-12(9)19/h1-5H,6H2,(H,21,22). The molecule has 0 amide bonds. The summed E-state index contributed by atoms with van der Waals surface area (Å²) < 4.78 is 16.8. The highest BCUT2D eigenvalue weighted by Gasteiger charge is 2.22. The number of carboxylic acid groups (broad SMARTS) is 1. The molecule has 0 aliphatic rings. The minimum atomic E-state index is -1.31. The number of hydrogen-bond donors (Lipinski definition) is 1. The number of ketones is 1. The summed E-state index contributed by atoms with van der Waals surface area (Å²) in [5.74, 6) is -2.65. The van der Waals surface area contributed by atoms with Crippen molar-refractivity contribution in [2.75, 3.05) is 0 Å². The molecular weight excluding hydrogens is 628 g/mol. The number of aromatic carboxylic acids is 1. The first-order chi connectivity index (χ1) is 10.3. The predicted molar refractivity (Wildman–Crippen MR) is 106 cm³/mol. The van der Waals surface area contributed by atoms with Crippen LogP contribution in [0.2, 0.25) is 0 Å². The lowest BCUT2D eigenvalue weighted by molar-refractivity contribution is 0.0691. The van der Waals surface area contributed by atoms with Gasteiger partial charge in [-0.2, -0.15) is 0 Å². The van der Waals surface area contributed by atoms with Crippen LogP contribution in [0.4, 0.5) is 4.39 Å². The quantitative estimate of drug-likeness (QED) is 0.390. The van der Waals surface area contributed by atoms with E-state index in [1.807, 2.05) is 12.1 Å². The van der Waals surface area contributed by atoms with Gasteiger partial charge in [0.15, 0.2) is 5.78 Å². The normalized spacial score (nSPS) is 10.5. The number of carbonyl (C=O) groups is 2. The Morgan fingerprint density at radius 2 is 1.68 bits per heavy atom. The van der Waals surface area contributed by atoms with Crippen molar-refractivity contribution in [3.8, 4) is 0 Å². The van der Waals surface area contributed by atoms with E-state index in [4.69, 9.17) is 5.11 Å². The monoisotopic (exact) mass is 636 g/mol. The summed E-state index contributed by atoms with van der Waals surface area (Å²) in [6.45, 7) is 0. The van der Waals surface area contributed by atoms with Crippen LogP contribution in [0, 0.1) is 16.5 Å². The molecule has 7 heteroatoms. The van der Waals surface area contributed by atoms with Crippen LogP contribution in [0.3, 0.4) is 0 Å². The van der Waals surface area contributed by atoms with Crippen molar-refractivity contribution in [1.82, 2.24) is 0 Å². The third kappa shape index (κ3) is 3.96. The molecule has 0 saturated heterocycles. The number of Topliss-reactive ketones (excluding diaryl/α,β-unsaturated/α-hetero) is 1. The SMILES string of the molecule is O=C(O)c1cccc(F)c1C(=O)Cc1c(I)cc(I)cc1I. The minimum absolute atomic E-state index is 0.0331. The van der Waals surface area contributed by atoms with Gasteiger partial charge in [0.2, 0.25) is 0 Å². The van der Waals surface area contributed by atoms with Crippen molar-refractivity contribution in [2.24, 2.45) is 0 Å². The molecule has 0 unspecified atom stereocenters. The van der Waals surface area contributed by atoms with Gasteiger partial charge >= 0.3 is 5.97 Å². The van der Waals surface area contributed by atoms with E-state index in [1.54, 1.807) is 0 Å². The fourth-order valence-electron chi connectivity index (χ4n) is 1.98. The Morgan fingerprint density at radius 1 is 1.09 bits per heavy atom. The van der Waals surface area contributed by atoms with E-state index in [9.17, 15) is 14.0 Å². The van der Waals surface area contributed by atoms with Crippen LogP contribution in [0.1, 0.15) is 26.3 Å². The molecule has 22 heavy (non-hydrogen) atoms. The number of rotatable bonds is 4. The number of hydrogen-bond acceptors (Lipinski definition) is 2. The van der Waals surface area contributed by atoms with Crippen LogP contribution >= 0.6 is 67.8 Å². The van der Waals surface area contributed by atoms with Crippen molar-refractivity contribution < 1.29 is 19.1 Å². The second-order valence-electron chi connectivity index (χ2n) is 4.42. The van der Waals surface area contributed by atoms with Gasteiger partial charge in [-0.15, -0.1) is 0 Å². The first kappa shape index (κ1) is 18.0. The lowest BCUT2D eigenvalue weighted by atomic mass is 9.98. The average Bonchev–Trinajstić information content (AvgIpc) is 2.42. The van der Waals surface area contributed by atoms with E-state index in [0.29, 0.717) is 0 Å². The second-order valence-corrected chi connectivity index (χ2v) is 7.99. The Hall–Kier alpha value is -0.300. The highest BCUT2D eigenvalue weighted by Crippen LogP contribution is 2.25. The molecule has 0 saturated carbocycles. The molecule has 0 bridgehead atoms. The van der Waals surface area contributed by atoms with E-state index >= 15 is 0 Å². The van der Waals surface area contributed by atoms with Gasteiger partial charge in [0.05, 0.1) is 11.1 Å². The Morgan fingerprint density at radius 3 is 2.23 bits per heavy atom. The summed E-state index contributed by atoms with van der Waals surface area (Å²) in [6.07, 6.45) is -0.0331. The molecule has 0 spiro atoms. The molecule has 0 heterocycles. The van der Waals surface area contributed by atoms with Crippen molar-refractivity contribution in [1.29, 1.82) is 0 Å². The maximum atomic E-state index is 13.9. The van der Waals surface area contributed by atoms with Crippen molar-refractivity contribution in [3.63, 3.8) is 0 Å². The van der Waals surface area contributed by atoms with E-state index < -0.39 is 17.6 Å². The maximum absolute atomic E-state index is 13.9. The zero-order chi connectivity index (χ0) is 16.4. The molecule has 2 aromatic rings. The van der Waals surface area contributed by atoms with Crippen LogP contribution < -0.4 is 0 Å². The van der Waals surface area contributed by atoms with Gasteiger partial charge in [0, 0.05) is 17.1 Å². The summed E-state index contributed by atoms with van der Waals surface area (Å²) in [4.78, 5) is 23.6. The summed E-state index contributed by atoms with van der Waals surface area (Å²) in [7, 11) is 0. The molecule has 0 aliphatic carbocycles. The van der Waals surface area contributed by atoms with E-state index in [2.05, 4.69) is 67.8 Å². The van der Waals surface area contributed by atoms with Gasteiger partial charge in [0.25, 0.3) is 0 Å². The van der Waals surface area contributed by atoms with Gasteiger partial charge in [-0.3, -0.25) is 4.79 Å². The topological polar surface area (TPSA) is 54.4 Å². The smallest absolute Gasteiger partial charge is 0.336 e. The zero-order valence-electron chi connectivity index (χ0n) is 10.9. The number of halogens is 4. The molecule has 0 aliphatic heterocycles. The van der Waals surface area contributed by atoms with E-state index in [1.165, 1.54) is 12.1 Å². The van der Waals surface area contributed by atoms with E-state index in [-0.39, 0.29) is 17.5 Å². The third-order valence-electron chi connectivity index (χ3n) is 2.97. The van der Waals surface area contributed by atoms with Crippen LogP contribution in [-0.4, -0.2) is 16.9 Å².